The quantitative estimate of drug-likeness (QED) is 0.506. The molecule has 0 fully saturated rings. The molecule has 4 heteroatoms. The zero-order chi connectivity index (χ0) is 12.0. The van der Waals surface area contributed by atoms with Gasteiger partial charge in [-0.3, -0.25) is 0 Å². The fourth-order valence-corrected chi connectivity index (χ4v) is 2.15. The van der Waals surface area contributed by atoms with Gasteiger partial charge in [0.1, 0.15) is 0 Å². The van der Waals surface area contributed by atoms with Crippen LogP contribution in [0.25, 0.3) is 0 Å². The number of nitrogens with one attached hydrogen (secondary N) is 1. The van der Waals surface area contributed by atoms with Gasteiger partial charge in [-0.15, -0.1) is 0 Å². The predicted molar refractivity (Wildman–Crippen MR) is 60.3 cm³/mol. The molecular weight excluding hydrogens is 240 g/mol. The number of hydrogen-bond donors (Lipinski definition) is 2. The molecule has 2 aliphatic rings. The Morgan fingerprint density at radius 2 is 2.12 bits per heavy atom. The fourth-order valence-electron chi connectivity index (χ4n) is 2.15. The van der Waals surface area contributed by atoms with E-state index in [2.05, 4.69) is 24.2 Å². The van der Waals surface area contributed by atoms with Crippen molar-refractivity contribution >= 4 is 5.71 Å². The van der Waals surface area contributed by atoms with Crippen LogP contribution in [-0.4, -0.2) is 10.9 Å². The van der Waals surface area contributed by atoms with Gasteiger partial charge >= 0.3 is 20.4 Å². The van der Waals surface area contributed by atoms with Crippen molar-refractivity contribution in [2.75, 3.05) is 0 Å². The second-order valence-electron chi connectivity index (χ2n) is 3.97. The van der Waals surface area contributed by atoms with E-state index in [9.17, 15) is 0 Å². The first-order valence-electron chi connectivity index (χ1n) is 5.29. The van der Waals surface area contributed by atoms with E-state index in [0.717, 1.165) is 37.0 Å². The van der Waals surface area contributed by atoms with Gasteiger partial charge in [0.05, 0.1) is 5.71 Å². The molecule has 0 heterocycles. The Labute approximate surface area is 104 Å². The van der Waals surface area contributed by atoms with Gasteiger partial charge in [-0.2, -0.15) is 0 Å². The molecule has 0 unspecified atom stereocenters. The molecule has 0 bridgehead atoms. The van der Waals surface area contributed by atoms with Crippen molar-refractivity contribution < 1.29 is 21.3 Å². The SMILES string of the molecule is CC1=CC=CC2=C(CCC/C2=N\O)C1.[NH]=[Cr]. The predicted octanol–water partition coefficient (Wildman–Crippen LogP) is 3.50. The van der Waals surface area contributed by atoms with Gasteiger partial charge < -0.3 is 5.21 Å². The molecule has 0 saturated heterocycles. The Bertz CT molecular complexity index is 380. The number of rotatable bonds is 0. The first-order valence-corrected chi connectivity index (χ1v) is 5.92. The first-order chi connectivity index (χ1) is 7.81. The monoisotopic (exact) mass is 256 g/mol. The summed E-state index contributed by atoms with van der Waals surface area (Å²) in [7, 11) is 0. The molecule has 2 rings (SSSR count). The Balaban J connectivity index is 0.000000606. The minimum atomic E-state index is 0.852. The Morgan fingerprint density at radius 1 is 1.38 bits per heavy atom. The molecular formula is C12H16CrN2O. The number of allylic oxidation sites excluding steroid dienone is 6. The van der Waals surface area contributed by atoms with Crippen molar-refractivity contribution in [1.29, 1.82) is 4.35 Å². The number of nitrogens with zero attached hydrogens (tertiary/aromatic N) is 1. The van der Waals surface area contributed by atoms with E-state index in [4.69, 9.17) is 9.55 Å². The second kappa shape index (κ2) is 6.57. The summed E-state index contributed by atoms with van der Waals surface area (Å²) in [5.41, 5.74) is 4.81. The molecule has 2 N–H and O–H groups in total. The van der Waals surface area contributed by atoms with Crippen LogP contribution in [0.5, 0.6) is 0 Å². The van der Waals surface area contributed by atoms with Gasteiger partial charge in [-0.25, -0.2) is 0 Å². The summed E-state index contributed by atoms with van der Waals surface area (Å²) in [6.45, 7) is 2.14. The average molecular weight is 256 g/mol. The summed E-state index contributed by atoms with van der Waals surface area (Å²) in [6.07, 6.45) is 10.4. The molecule has 0 aromatic carbocycles. The molecule has 86 valence electrons. The topological polar surface area (TPSA) is 56.4 Å². The van der Waals surface area contributed by atoms with Crippen molar-refractivity contribution in [2.45, 2.75) is 32.6 Å². The summed E-state index contributed by atoms with van der Waals surface area (Å²) < 4.78 is 5.62. The molecule has 0 spiro atoms. The van der Waals surface area contributed by atoms with Crippen molar-refractivity contribution in [3.63, 3.8) is 0 Å². The van der Waals surface area contributed by atoms with Crippen LogP contribution < -0.4 is 0 Å². The zero-order valence-corrected chi connectivity index (χ0v) is 10.6. The summed E-state index contributed by atoms with van der Waals surface area (Å²) in [5, 5.41) is 12.3. The van der Waals surface area contributed by atoms with Gasteiger partial charge in [0.2, 0.25) is 0 Å². The van der Waals surface area contributed by atoms with E-state index in [-0.39, 0.29) is 0 Å². The maximum absolute atomic E-state index is 8.89. The van der Waals surface area contributed by atoms with E-state index in [1.54, 1.807) is 0 Å². The Kier molecular flexibility index (Phi) is 5.38. The molecule has 0 aliphatic heterocycles. The molecule has 0 amide bonds. The summed E-state index contributed by atoms with van der Waals surface area (Å²) in [4.78, 5) is 0. The van der Waals surface area contributed by atoms with Crippen LogP contribution in [0.1, 0.15) is 32.6 Å². The van der Waals surface area contributed by atoms with Crippen molar-refractivity contribution in [3.05, 3.63) is 34.9 Å². The fraction of sp³-hybridized carbons (Fsp3) is 0.417. The normalized spacial score (nSPS) is 21.8. The standard InChI is InChI=1S/C12H15NO.Cr.HN/c1-9-4-2-6-11-10(8-9)5-3-7-12(11)13-14;;/h2,4,6,14H,3,5,7-8H2,1H3;;1H/b13-12+;;. The maximum atomic E-state index is 8.89. The van der Waals surface area contributed by atoms with Gasteiger partial charge in [-0.05, 0) is 38.2 Å². The van der Waals surface area contributed by atoms with E-state index < -0.39 is 0 Å². The molecule has 0 saturated carbocycles. The molecule has 0 aromatic rings. The summed E-state index contributed by atoms with van der Waals surface area (Å²) in [5.74, 6) is 0. The van der Waals surface area contributed by atoms with Crippen molar-refractivity contribution in [2.24, 2.45) is 5.16 Å². The third-order valence-corrected chi connectivity index (χ3v) is 2.84. The second-order valence-corrected chi connectivity index (χ2v) is 3.97. The van der Waals surface area contributed by atoms with Crippen LogP contribution in [0.2, 0.25) is 0 Å². The van der Waals surface area contributed by atoms with E-state index in [0.29, 0.717) is 0 Å². The van der Waals surface area contributed by atoms with E-state index in [1.165, 1.54) is 11.1 Å². The van der Waals surface area contributed by atoms with Crippen LogP contribution in [0, 0.1) is 4.35 Å². The van der Waals surface area contributed by atoms with Crippen LogP contribution in [0.3, 0.4) is 0 Å². The molecule has 2 aliphatic carbocycles. The number of hydrogen-bond acceptors (Lipinski definition) is 3. The first kappa shape index (κ1) is 13.1. The van der Waals surface area contributed by atoms with Crippen LogP contribution >= 0.6 is 0 Å². The zero-order valence-electron chi connectivity index (χ0n) is 9.36. The summed E-state index contributed by atoms with van der Waals surface area (Å²) in [6, 6.07) is 0. The van der Waals surface area contributed by atoms with Crippen molar-refractivity contribution in [3.8, 4) is 0 Å². The van der Waals surface area contributed by atoms with Crippen LogP contribution in [0.4, 0.5) is 0 Å². The van der Waals surface area contributed by atoms with Crippen molar-refractivity contribution in [1.82, 2.24) is 0 Å². The third kappa shape index (κ3) is 3.01. The molecule has 0 atom stereocenters. The molecule has 0 radical (unpaired) electrons. The third-order valence-electron chi connectivity index (χ3n) is 2.84. The Hall–Kier alpha value is -0.978. The Morgan fingerprint density at radius 3 is 2.81 bits per heavy atom. The van der Waals surface area contributed by atoms with Gasteiger partial charge in [0.15, 0.2) is 0 Å². The molecule has 0 aromatic heterocycles. The van der Waals surface area contributed by atoms with Crippen LogP contribution in [0.15, 0.2) is 40.1 Å². The molecule has 3 nitrogen and oxygen atoms in total. The van der Waals surface area contributed by atoms with Gasteiger partial charge in [0.25, 0.3) is 0 Å². The average Bonchev–Trinajstić information content (AvgIpc) is 2.51. The van der Waals surface area contributed by atoms with Crippen LogP contribution in [-0.2, 0) is 16.1 Å². The van der Waals surface area contributed by atoms with Gasteiger partial charge in [-0.1, -0.05) is 34.5 Å². The minimum absolute atomic E-state index is 0.852. The number of oxime groups is 1. The summed E-state index contributed by atoms with van der Waals surface area (Å²) >= 11 is 1.88. The van der Waals surface area contributed by atoms with Gasteiger partial charge in [0, 0.05) is 0 Å². The molecule has 16 heavy (non-hydrogen) atoms. The van der Waals surface area contributed by atoms with E-state index >= 15 is 0 Å². The van der Waals surface area contributed by atoms with E-state index in [1.807, 2.05) is 22.2 Å².